The minimum Gasteiger partial charge on any atom is -0.340 e. The lowest BCUT2D eigenvalue weighted by Crippen LogP contribution is -2.69. The summed E-state index contributed by atoms with van der Waals surface area (Å²) in [6.07, 6.45) is 1.87. The Balaban J connectivity index is 1.56. The fourth-order valence-electron chi connectivity index (χ4n) is 4.80. The number of amides is 2. The molecule has 3 aromatic rings. The van der Waals surface area contributed by atoms with Crippen LogP contribution in [0.1, 0.15) is 42.1 Å². The zero-order valence-corrected chi connectivity index (χ0v) is 22.5. The number of nitrogens with two attached hydrogens (primary N) is 1. The predicted octanol–water partition coefficient (Wildman–Crippen LogP) is 4.30. The van der Waals surface area contributed by atoms with Crippen molar-refractivity contribution in [1.29, 1.82) is 0 Å². The Hall–Kier alpha value is -2.46. The first-order chi connectivity index (χ1) is 17.1. The van der Waals surface area contributed by atoms with Gasteiger partial charge in [0.2, 0.25) is 15.9 Å². The smallest absolute Gasteiger partial charge is 0.256 e. The van der Waals surface area contributed by atoms with Crippen LogP contribution in [-0.4, -0.2) is 61.0 Å². The molecule has 0 aliphatic carbocycles. The van der Waals surface area contributed by atoms with Gasteiger partial charge in [-0.15, -0.1) is 11.3 Å². The lowest BCUT2D eigenvalue weighted by molar-refractivity contribution is -0.151. The van der Waals surface area contributed by atoms with Crippen LogP contribution < -0.4 is 5.14 Å². The largest absolute Gasteiger partial charge is 0.340 e. The Kier molecular flexibility index (Phi) is 8.04. The molecule has 0 bridgehead atoms. The lowest BCUT2D eigenvalue weighted by Gasteiger charge is -2.52. The van der Waals surface area contributed by atoms with E-state index in [2.05, 4.69) is 0 Å². The molecule has 0 saturated carbocycles. The van der Waals surface area contributed by atoms with Gasteiger partial charge in [-0.05, 0) is 49.4 Å². The summed E-state index contributed by atoms with van der Waals surface area (Å²) in [6, 6.07) is 15.2. The molecule has 0 spiro atoms. The van der Waals surface area contributed by atoms with Crippen molar-refractivity contribution in [3.05, 3.63) is 70.1 Å². The van der Waals surface area contributed by atoms with Crippen molar-refractivity contribution in [3.63, 3.8) is 0 Å². The molecule has 36 heavy (non-hydrogen) atoms. The van der Waals surface area contributed by atoms with Crippen LogP contribution >= 0.6 is 22.9 Å². The Morgan fingerprint density at radius 1 is 1.14 bits per heavy atom. The van der Waals surface area contributed by atoms with Crippen LogP contribution in [0, 0.1) is 0 Å². The number of nitrogens with zero attached hydrogens (tertiary/aromatic N) is 2. The van der Waals surface area contributed by atoms with E-state index in [1.807, 2.05) is 48.7 Å². The molecule has 1 saturated heterocycles. The number of halogens is 1. The zero-order valence-electron chi connectivity index (χ0n) is 20.2. The molecule has 1 aliphatic heterocycles. The third-order valence-corrected chi connectivity index (χ3v) is 9.01. The van der Waals surface area contributed by atoms with Crippen LogP contribution in [-0.2, 0) is 21.2 Å². The van der Waals surface area contributed by atoms with Gasteiger partial charge in [-0.2, -0.15) is 0 Å². The molecule has 1 aliphatic rings. The summed E-state index contributed by atoms with van der Waals surface area (Å²) < 4.78 is 24.0. The third kappa shape index (κ3) is 5.59. The van der Waals surface area contributed by atoms with E-state index in [1.54, 1.807) is 21.9 Å². The van der Waals surface area contributed by atoms with Crippen LogP contribution in [0.4, 0.5) is 0 Å². The standard InChI is InChI=1S/C26H30ClN3O4S2/c1-2-26(13-16-30(26)24(31)22-18-35-23-7-4-3-6-21(22)23)25(32)29(14-5-17-36(28,33)34)15-12-19-8-10-20(27)11-9-19/h3-4,6-11,18H,2,5,12-17H2,1H3,(H2,28,33,34). The first-order valence-electron chi connectivity index (χ1n) is 12.0. The van der Waals surface area contributed by atoms with E-state index in [0.29, 0.717) is 42.9 Å². The minimum absolute atomic E-state index is 0.143. The number of hydrogen-bond acceptors (Lipinski definition) is 5. The summed E-state index contributed by atoms with van der Waals surface area (Å²) in [5.41, 5.74) is 0.685. The van der Waals surface area contributed by atoms with E-state index in [4.69, 9.17) is 16.7 Å². The number of sulfonamides is 1. The summed E-state index contributed by atoms with van der Waals surface area (Å²) in [5, 5.41) is 8.58. The second kappa shape index (κ2) is 10.9. The zero-order chi connectivity index (χ0) is 25.9. The second-order valence-corrected chi connectivity index (χ2v) is 12.2. The fraction of sp³-hybridized carbons (Fsp3) is 0.385. The summed E-state index contributed by atoms with van der Waals surface area (Å²) >= 11 is 7.51. The Morgan fingerprint density at radius 2 is 1.86 bits per heavy atom. The molecule has 2 amide bonds. The number of primary sulfonamides is 1. The van der Waals surface area contributed by atoms with Gasteiger partial charge in [0, 0.05) is 40.1 Å². The molecule has 10 heteroatoms. The Morgan fingerprint density at radius 3 is 2.50 bits per heavy atom. The molecule has 1 unspecified atom stereocenters. The summed E-state index contributed by atoms with van der Waals surface area (Å²) in [5.74, 6) is -0.496. The number of carbonyl (C=O) groups is 2. The monoisotopic (exact) mass is 547 g/mol. The van der Waals surface area contributed by atoms with E-state index in [0.717, 1.165) is 15.6 Å². The molecule has 2 N–H and O–H groups in total. The molecule has 0 radical (unpaired) electrons. The van der Waals surface area contributed by atoms with Gasteiger partial charge in [-0.3, -0.25) is 9.59 Å². The van der Waals surface area contributed by atoms with E-state index in [1.165, 1.54) is 11.3 Å². The SMILES string of the molecule is CCC1(C(=O)N(CCCS(N)(=O)=O)CCc2ccc(Cl)cc2)CCN1C(=O)c1csc2ccccc12. The van der Waals surface area contributed by atoms with Crippen molar-refractivity contribution < 1.29 is 18.0 Å². The Bertz CT molecular complexity index is 1350. The van der Waals surface area contributed by atoms with Crippen molar-refractivity contribution >= 4 is 54.9 Å². The summed E-state index contributed by atoms with van der Waals surface area (Å²) in [7, 11) is -3.64. The maximum atomic E-state index is 14.0. The highest BCUT2D eigenvalue weighted by molar-refractivity contribution is 7.89. The van der Waals surface area contributed by atoms with Crippen molar-refractivity contribution in [2.75, 3.05) is 25.4 Å². The molecule has 2 aromatic carbocycles. The third-order valence-electron chi connectivity index (χ3n) is 6.93. The van der Waals surface area contributed by atoms with Gasteiger partial charge in [0.1, 0.15) is 5.54 Å². The van der Waals surface area contributed by atoms with Crippen LogP contribution in [0.3, 0.4) is 0 Å². The van der Waals surface area contributed by atoms with Gasteiger partial charge in [-0.1, -0.05) is 48.9 Å². The molecular formula is C26H30ClN3O4S2. The number of benzene rings is 2. The molecule has 192 valence electrons. The molecule has 1 atom stereocenters. The van der Waals surface area contributed by atoms with E-state index in [-0.39, 0.29) is 30.5 Å². The average Bonchev–Trinajstić information content (AvgIpc) is 3.26. The molecule has 2 heterocycles. The van der Waals surface area contributed by atoms with Gasteiger partial charge in [0.05, 0.1) is 11.3 Å². The molecule has 4 rings (SSSR count). The van der Waals surface area contributed by atoms with Crippen molar-refractivity contribution in [2.24, 2.45) is 5.14 Å². The fourth-order valence-corrected chi connectivity index (χ4v) is 6.39. The van der Waals surface area contributed by atoms with Crippen LogP contribution in [0.5, 0.6) is 0 Å². The van der Waals surface area contributed by atoms with Gasteiger partial charge in [0.25, 0.3) is 5.91 Å². The molecule has 1 aromatic heterocycles. The first-order valence-corrected chi connectivity index (χ1v) is 14.9. The highest BCUT2D eigenvalue weighted by Gasteiger charge is 2.53. The number of rotatable bonds is 10. The molecule has 1 fully saturated rings. The predicted molar refractivity (Wildman–Crippen MR) is 145 cm³/mol. The normalized spacial score (nSPS) is 17.7. The summed E-state index contributed by atoms with van der Waals surface area (Å²) in [4.78, 5) is 31.0. The maximum Gasteiger partial charge on any atom is 0.256 e. The second-order valence-electron chi connectivity index (χ2n) is 9.13. The van der Waals surface area contributed by atoms with Gasteiger partial charge >= 0.3 is 0 Å². The molecular weight excluding hydrogens is 518 g/mol. The highest BCUT2D eigenvalue weighted by atomic mass is 35.5. The number of carbonyl (C=O) groups excluding carboxylic acids is 2. The highest BCUT2D eigenvalue weighted by Crippen LogP contribution is 2.39. The van der Waals surface area contributed by atoms with E-state index < -0.39 is 15.6 Å². The first kappa shape index (κ1) is 26.6. The van der Waals surface area contributed by atoms with Crippen molar-refractivity contribution in [2.45, 2.75) is 38.1 Å². The minimum atomic E-state index is -3.64. The molecule has 7 nitrogen and oxygen atoms in total. The van der Waals surface area contributed by atoms with Crippen LogP contribution in [0.2, 0.25) is 5.02 Å². The number of thiophene rings is 1. The van der Waals surface area contributed by atoms with E-state index >= 15 is 0 Å². The average molecular weight is 548 g/mol. The van der Waals surface area contributed by atoms with Crippen LogP contribution in [0.25, 0.3) is 10.1 Å². The number of fused-ring (bicyclic) bond motifs is 1. The van der Waals surface area contributed by atoms with Crippen LogP contribution in [0.15, 0.2) is 53.9 Å². The van der Waals surface area contributed by atoms with Crippen molar-refractivity contribution in [1.82, 2.24) is 9.80 Å². The lowest BCUT2D eigenvalue weighted by atomic mass is 9.79. The van der Waals surface area contributed by atoms with Gasteiger partial charge in [0.15, 0.2) is 0 Å². The topological polar surface area (TPSA) is 101 Å². The quantitative estimate of drug-likeness (QED) is 0.409. The number of likely N-dealkylation sites (tertiary alicyclic amines) is 1. The summed E-state index contributed by atoms with van der Waals surface area (Å²) in [6.45, 7) is 3.07. The number of hydrogen-bond donors (Lipinski definition) is 1. The Labute approximate surface area is 220 Å². The van der Waals surface area contributed by atoms with Gasteiger partial charge in [-0.25, -0.2) is 13.6 Å². The van der Waals surface area contributed by atoms with Crippen molar-refractivity contribution in [3.8, 4) is 0 Å². The van der Waals surface area contributed by atoms with Gasteiger partial charge < -0.3 is 9.80 Å². The van der Waals surface area contributed by atoms with E-state index in [9.17, 15) is 18.0 Å². The maximum absolute atomic E-state index is 14.0.